The number of halogens is 3. The summed E-state index contributed by atoms with van der Waals surface area (Å²) in [5, 5.41) is 9.61. The smallest absolute Gasteiger partial charge is 0.416 e. The molecule has 2 aromatic carbocycles. The molecule has 0 amide bonds. The molecule has 8 heteroatoms. The standard InChI is InChI=1S/C18H15F3N2O3/c1-23(14-7-3-6-13-16(14)26-10-22-13)15(17(24)25)9-11-4-2-5-12(8-11)18(19,20)21/h2-8,10,15H,9H2,1H3,(H,24,25). The molecule has 0 aliphatic rings. The first kappa shape index (κ1) is 17.8. The molecule has 0 bridgehead atoms. The summed E-state index contributed by atoms with van der Waals surface area (Å²) in [6, 6.07) is 8.71. The first-order valence-corrected chi connectivity index (χ1v) is 7.71. The van der Waals surface area contributed by atoms with Gasteiger partial charge in [0.2, 0.25) is 0 Å². The van der Waals surface area contributed by atoms with E-state index in [2.05, 4.69) is 4.98 Å². The molecular formula is C18H15F3N2O3. The second kappa shape index (κ2) is 6.70. The fraction of sp³-hybridized carbons (Fsp3) is 0.222. The summed E-state index contributed by atoms with van der Waals surface area (Å²) in [5.74, 6) is -1.15. The lowest BCUT2D eigenvalue weighted by molar-refractivity contribution is -0.138. The number of aliphatic carboxylic acids is 1. The summed E-state index contributed by atoms with van der Waals surface area (Å²) in [5.41, 5.74) is 0.963. The van der Waals surface area contributed by atoms with Crippen LogP contribution in [0.4, 0.5) is 18.9 Å². The highest BCUT2D eigenvalue weighted by atomic mass is 19.4. The molecule has 136 valence electrons. The van der Waals surface area contributed by atoms with Gasteiger partial charge in [0.1, 0.15) is 11.6 Å². The van der Waals surface area contributed by atoms with Gasteiger partial charge in [0.15, 0.2) is 12.0 Å². The van der Waals surface area contributed by atoms with Gasteiger partial charge in [-0.15, -0.1) is 0 Å². The molecule has 0 saturated heterocycles. The van der Waals surface area contributed by atoms with Crippen LogP contribution < -0.4 is 4.90 Å². The van der Waals surface area contributed by atoms with Crippen LogP contribution in [0.1, 0.15) is 11.1 Å². The number of oxazole rings is 1. The van der Waals surface area contributed by atoms with Gasteiger partial charge >= 0.3 is 12.1 Å². The van der Waals surface area contributed by atoms with E-state index >= 15 is 0 Å². The highest BCUT2D eigenvalue weighted by Crippen LogP contribution is 2.31. The Kier molecular flexibility index (Phi) is 4.58. The van der Waals surface area contributed by atoms with Gasteiger partial charge in [0.25, 0.3) is 0 Å². The van der Waals surface area contributed by atoms with Crippen molar-refractivity contribution in [3.05, 3.63) is 60.0 Å². The maximum atomic E-state index is 12.9. The Morgan fingerprint density at radius 1 is 1.27 bits per heavy atom. The lowest BCUT2D eigenvalue weighted by atomic mass is 10.0. The monoisotopic (exact) mass is 364 g/mol. The van der Waals surface area contributed by atoms with Crippen LogP contribution in [0.15, 0.2) is 53.3 Å². The van der Waals surface area contributed by atoms with Crippen LogP contribution in [-0.2, 0) is 17.4 Å². The molecule has 0 fully saturated rings. The zero-order valence-corrected chi connectivity index (χ0v) is 13.7. The molecule has 0 radical (unpaired) electrons. The van der Waals surface area contributed by atoms with E-state index in [0.717, 1.165) is 12.1 Å². The first-order chi connectivity index (χ1) is 12.3. The van der Waals surface area contributed by atoms with Crippen LogP contribution in [-0.4, -0.2) is 29.1 Å². The molecule has 0 aliphatic heterocycles. The van der Waals surface area contributed by atoms with Gasteiger partial charge in [-0.3, -0.25) is 0 Å². The van der Waals surface area contributed by atoms with Gasteiger partial charge in [-0.25, -0.2) is 9.78 Å². The van der Waals surface area contributed by atoms with Crippen molar-refractivity contribution in [2.24, 2.45) is 0 Å². The average molecular weight is 364 g/mol. The van der Waals surface area contributed by atoms with Crippen molar-refractivity contribution in [1.82, 2.24) is 4.98 Å². The molecule has 1 unspecified atom stereocenters. The third-order valence-corrected chi connectivity index (χ3v) is 4.15. The minimum absolute atomic E-state index is 0.0969. The lowest BCUT2D eigenvalue weighted by Gasteiger charge is -2.27. The van der Waals surface area contributed by atoms with Gasteiger partial charge in [-0.1, -0.05) is 24.3 Å². The van der Waals surface area contributed by atoms with E-state index in [0.29, 0.717) is 16.8 Å². The summed E-state index contributed by atoms with van der Waals surface area (Å²) >= 11 is 0. The Balaban J connectivity index is 1.93. The molecule has 1 aromatic heterocycles. The minimum Gasteiger partial charge on any atom is -0.480 e. The van der Waals surface area contributed by atoms with E-state index in [4.69, 9.17) is 4.42 Å². The summed E-state index contributed by atoms with van der Waals surface area (Å²) in [4.78, 5) is 17.3. The van der Waals surface area contributed by atoms with Crippen molar-refractivity contribution >= 4 is 22.8 Å². The van der Waals surface area contributed by atoms with E-state index in [1.807, 2.05) is 0 Å². The molecule has 3 aromatic rings. The predicted octanol–water partition coefficient (Wildman–Crippen LogP) is 3.98. The van der Waals surface area contributed by atoms with Crippen molar-refractivity contribution in [3.63, 3.8) is 0 Å². The Labute approximate surface area is 146 Å². The topological polar surface area (TPSA) is 66.6 Å². The van der Waals surface area contributed by atoms with Gasteiger partial charge in [0, 0.05) is 13.5 Å². The second-order valence-corrected chi connectivity index (χ2v) is 5.84. The van der Waals surface area contributed by atoms with Crippen molar-refractivity contribution in [1.29, 1.82) is 0 Å². The maximum Gasteiger partial charge on any atom is 0.416 e. The zero-order valence-electron chi connectivity index (χ0n) is 13.7. The number of hydrogen-bond acceptors (Lipinski definition) is 4. The maximum absolute atomic E-state index is 12.9. The van der Waals surface area contributed by atoms with Gasteiger partial charge in [-0.05, 0) is 23.8 Å². The van der Waals surface area contributed by atoms with Crippen molar-refractivity contribution < 1.29 is 27.5 Å². The number of alkyl halides is 3. The van der Waals surface area contributed by atoms with E-state index in [1.54, 1.807) is 25.2 Å². The quantitative estimate of drug-likeness (QED) is 0.742. The number of carboxylic acids is 1. The molecule has 1 heterocycles. The van der Waals surface area contributed by atoms with Crippen LogP contribution in [0.5, 0.6) is 0 Å². The molecule has 1 N–H and O–H groups in total. The van der Waals surface area contributed by atoms with Gasteiger partial charge in [0.05, 0.1) is 11.3 Å². The number of carboxylic acid groups (broad SMARTS) is 1. The Morgan fingerprint density at radius 2 is 2.00 bits per heavy atom. The number of aromatic nitrogens is 1. The predicted molar refractivity (Wildman–Crippen MR) is 89.0 cm³/mol. The number of fused-ring (bicyclic) bond motifs is 1. The first-order valence-electron chi connectivity index (χ1n) is 7.71. The number of carbonyl (C=O) groups is 1. The molecule has 0 saturated carbocycles. The van der Waals surface area contributed by atoms with Crippen molar-refractivity contribution in [3.8, 4) is 0 Å². The zero-order chi connectivity index (χ0) is 18.9. The average Bonchev–Trinajstić information content (AvgIpc) is 3.07. The molecule has 0 aliphatic carbocycles. The van der Waals surface area contributed by atoms with E-state index in [-0.39, 0.29) is 12.0 Å². The van der Waals surface area contributed by atoms with E-state index in [1.165, 1.54) is 23.4 Å². The number of hydrogen-bond donors (Lipinski definition) is 1. The molecular weight excluding hydrogens is 349 g/mol. The third-order valence-electron chi connectivity index (χ3n) is 4.15. The lowest BCUT2D eigenvalue weighted by Crippen LogP contribution is -2.40. The van der Waals surface area contributed by atoms with Crippen LogP contribution in [0.25, 0.3) is 11.1 Å². The fourth-order valence-corrected chi connectivity index (χ4v) is 2.80. The highest BCUT2D eigenvalue weighted by molar-refractivity contribution is 5.89. The molecule has 5 nitrogen and oxygen atoms in total. The molecule has 3 rings (SSSR count). The largest absolute Gasteiger partial charge is 0.480 e. The fourth-order valence-electron chi connectivity index (χ4n) is 2.80. The van der Waals surface area contributed by atoms with Gasteiger partial charge in [-0.2, -0.15) is 13.2 Å². The number of anilines is 1. The number of para-hydroxylation sites is 1. The number of likely N-dealkylation sites (N-methyl/N-ethyl adjacent to an activating group) is 1. The summed E-state index contributed by atoms with van der Waals surface area (Å²) in [7, 11) is 1.56. The minimum atomic E-state index is -4.48. The molecule has 0 spiro atoms. The van der Waals surface area contributed by atoms with Crippen LogP contribution in [0.2, 0.25) is 0 Å². The number of benzene rings is 2. The van der Waals surface area contributed by atoms with Crippen molar-refractivity contribution in [2.45, 2.75) is 18.6 Å². The third kappa shape index (κ3) is 3.49. The summed E-state index contributed by atoms with van der Waals surface area (Å²) in [6.45, 7) is 0. The SMILES string of the molecule is CN(c1cccc2ncoc12)C(Cc1cccc(C(F)(F)F)c1)C(=O)O. The molecule has 26 heavy (non-hydrogen) atoms. The van der Waals surface area contributed by atoms with Crippen LogP contribution in [0, 0.1) is 0 Å². The Hall–Kier alpha value is -3.03. The van der Waals surface area contributed by atoms with E-state index in [9.17, 15) is 23.1 Å². The highest BCUT2D eigenvalue weighted by Gasteiger charge is 2.31. The summed E-state index contributed by atoms with van der Waals surface area (Å²) < 4.78 is 44.0. The summed E-state index contributed by atoms with van der Waals surface area (Å²) in [6.07, 6.45) is -3.32. The van der Waals surface area contributed by atoms with Crippen LogP contribution >= 0.6 is 0 Å². The van der Waals surface area contributed by atoms with Crippen LogP contribution in [0.3, 0.4) is 0 Å². The molecule has 1 atom stereocenters. The Morgan fingerprint density at radius 3 is 2.69 bits per heavy atom. The van der Waals surface area contributed by atoms with Crippen molar-refractivity contribution in [2.75, 3.05) is 11.9 Å². The normalized spacial score (nSPS) is 12.9. The Bertz CT molecular complexity index is 937. The number of nitrogens with zero attached hydrogens (tertiary/aromatic N) is 2. The van der Waals surface area contributed by atoms with Gasteiger partial charge < -0.3 is 14.4 Å². The second-order valence-electron chi connectivity index (χ2n) is 5.84. The number of rotatable bonds is 5. The van der Waals surface area contributed by atoms with E-state index < -0.39 is 23.8 Å².